The summed E-state index contributed by atoms with van der Waals surface area (Å²) in [4.78, 5) is 8.22. The molecule has 0 radical (unpaired) electrons. The van der Waals surface area contributed by atoms with E-state index >= 15 is 0 Å². The van der Waals surface area contributed by atoms with Crippen molar-refractivity contribution >= 4 is 17.6 Å². The third-order valence-electron chi connectivity index (χ3n) is 1.96. The number of nitrogens with two attached hydrogens (primary N) is 1. The summed E-state index contributed by atoms with van der Waals surface area (Å²) in [5.41, 5.74) is 5.65. The highest BCUT2D eigenvalue weighted by atomic mass is 32.2. The molecule has 0 atom stereocenters. The third-order valence-corrected chi connectivity index (χ3v) is 2.50. The molecule has 0 fully saturated rings. The van der Waals surface area contributed by atoms with Crippen molar-refractivity contribution in [2.75, 3.05) is 31.8 Å². The summed E-state index contributed by atoms with van der Waals surface area (Å²) in [6, 6.07) is 1.58. The molecule has 0 aliphatic rings. The maximum atomic E-state index is 5.65. The van der Waals surface area contributed by atoms with Crippen molar-refractivity contribution in [1.29, 1.82) is 0 Å². The number of anilines is 1. The molecule has 0 saturated heterocycles. The fraction of sp³-hybridized carbons (Fsp3) is 0.636. The molecule has 0 aliphatic heterocycles. The van der Waals surface area contributed by atoms with Gasteiger partial charge in [0.15, 0.2) is 11.4 Å². The Bertz CT molecular complexity index is 359. The van der Waals surface area contributed by atoms with Gasteiger partial charge in [-0.2, -0.15) is 4.98 Å². The second kappa shape index (κ2) is 8.12. The van der Waals surface area contributed by atoms with E-state index in [1.165, 1.54) is 11.8 Å². The van der Waals surface area contributed by atoms with Gasteiger partial charge in [0.2, 0.25) is 5.88 Å². The number of nitrogen functional groups attached to an aromatic ring is 1. The van der Waals surface area contributed by atoms with Crippen LogP contribution in [0.15, 0.2) is 11.2 Å². The lowest BCUT2D eigenvalue weighted by molar-refractivity contribution is -0.152. The fourth-order valence-corrected chi connectivity index (χ4v) is 1.63. The molecular weight excluding hydrogens is 254 g/mol. The van der Waals surface area contributed by atoms with Crippen molar-refractivity contribution in [2.24, 2.45) is 0 Å². The van der Waals surface area contributed by atoms with E-state index in [1.807, 2.05) is 20.1 Å². The van der Waals surface area contributed by atoms with Crippen LogP contribution >= 0.6 is 11.8 Å². The largest absolute Gasteiger partial charge is 0.472 e. The van der Waals surface area contributed by atoms with Crippen LogP contribution in [-0.2, 0) is 9.47 Å². The Kier molecular flexibility index (Phi) is 6.77. The summed E-state index contributed by atoms with van der Waals surface area (Å²) in [5.74, 6) is 0.810. The van der Waals surface area contributed by atoms with Gasteiger partial charge < -0.3 is 19.9 Å². The summed E-state index contributed by atoms with van der Waals surface area (Å²) in [7, 11) is 0. The van der Waals surface area contributed by atoms with Gasteiger partial charge in [0, 0.05) is 19.3 Å². The fourth-order valence-electron chi connectivity index (χ4n) is 1.26. The Labute approximate surface area is 111 Å². The van der Waals surface area contributed by atoms with Crippen LogP contribution in [0.25, 0.3) is 0 Å². The number of aromatic nitrogens is 2. The van der Waals surface area contributed by atoms with Crippen LogP contribution in [0.1, 0.15) is 13.8 Å². The van der Waals surface area contributed by atoms with E-state index in [-0.39, 0.29) is 6.61 Å². The van der Waals surface area contributed by atoms with Crippen molar-refractivity contribution in [3.8, 4) is 5.88 Å². The zero-order valence-corrected chi connectivity index (χ0v) is 11.7. The second-order valence-electron chi connectivity index (χ2n) is 3.27. The number of rotatable bonds is 8. The van der Waals surface area contributed by atoms with E-state index in [9.17, 15) is 0 Å². The average Bonchev–Trinajstić information content (AvgIpc) is 2.36. The minimum atomic E-state index is -0.395. The highest BCUT2D eigenvalue weighted by Gasteiger charge is 2.10. The standard InChI is InChI=1S/C11H19N3O3S/c1-4-15-10(16-5-2)7-17-9-6-8(12)13-11(14-9)18-3/h6,10H,4-5,7H2,1-3H3,(H2,12,13,14). The first kappa shape index (κ1) is 15.0. The van der Waals surface area contributed by atoms with Crippen LogP contribution in [0.3, 0.4) is 0 Å². The molecule has 0 saturated carbocycles. The topological polar surface area (TPSA) is 79.5 Å². The lowest BCUT2D eigenvalue weighted by Crippen LogP contribution is -2.25. The molecule has 0 bridgehead atoms. The summed E-state index contributed by atoms with van der Waals surface area (Å²) in [6.45, 7) is 5.21. The number of thioether (sulfide) groups is 1. The molecule has 6 nitrogen and oxygen atoms in total. The molecule has 102 valence electrons. The van der Waals surface area contributed by atoms with E-state index < -0.39 is 6.29 Å². The number of hydrogen-bond donors (Lipinski definition) is 1. The molecule has 1 aromatic heterocycles. The Morgan fingerprint density at radius 3 is 2.50 bits per heavy atom. The summed E-state index contributed by atoms with van der Waals surface area (Å²) in [5, 5.41) is 0.578. The normalized spacial score (nSPS) is 10.9. The quantitative estimate of drug-likeness (QED) is 0.437. The molecule has 18 heavy (non-hydrogen) atoms. The van der Waals surface area contributed by atoms with Crippen molar-refractivity contribution < 1.29 is 14.2 Å². The number of hydrogen-bond acceptors (Lipinski definition) is 7. The van der Waals surface area contributed by atoms with Crippen LogP contribution in [0, 0.1) is 0 Å². The van der Waals surface area contributed by atoms with Gasteiger partial charge in [-0.1, -0.05) is 11.8 Å². The van der Waals surface area contributed by atoms with Crippen LogP contribution in [0.4, 0.5) is 5.82 Å². The van der Waals surface area contributed by atoms with Crippen LogP contribution in [-0.4, -0.2) is 42.3 Å². The SMILES string of the molecule is CCOC(COc1cc(N)nc(SC)n1)OCC. The molecule has 1 rings (SSSR count). The van der Waals surface area contributed by atoms with Gasteiger partial charge in [0.25, 0.3) is 0 Å². The number of nitrogens with zero attached hydrogens (tertiary/aromatic N) is 2. The Balaban J connectivity index is 2.57. The summed E-state index contributed by atoms with van der Waals surface area (Å²) in [6.07, 6.45) is 1.48. The molecule has 7 heteroatoms. The molecule has 1 heterocycles. The maximum Gasteiger partial charge on any atom is 0.219 e. The van der Waals surface area contributed by atoms with Crippen LogP contribution in [0.2, 0.25) is 0 Å². The molecule has 0 unspecified atom stereocenters. The monoisotopic (exact) mass is 273 g/mol. The average molecular weight is 273 g/mol. The molecule has 0 spiro atoms. The van der Waals surface area contributed by atoms with Gasteiger partial charge in [-0.05, 0) is 20.1 Å². The predicted molar refractivity (Wildman–Crippen MR) is 70.8 cm³/mol. The first-order chi connectivity index (χ1) is 8.69. The lowest BCUT2D eigenvalue weighted by Gasteiger charge is -2.17. The first-order valence-electron chi connectivity index (χ1n) is 5.74. The minimum absolute atomic E-state index is 0.270. The summed E-state index contributed by atoms with van der Waals surface area (Å²) >= 11 is 1.41. The smallest absolute Gasteiger partial charge is 0.219 e. The minimum Gasteiger partial charge on any atom is -0.472 e. The highest BCUT2D eigenvalue weighted by Crippen LogP contribution is 2.17. The molecule has 0 aromatic carbocycles. The summed E-state index contributed by atoms with van der Waals surface area (Å²) < 4.78 is 16.2. The molecular formula is C11H19N3O3S. The third kappa shape index (κ3) is 5.07. The van der Waals surface area contributed by atoms with Crippen molar-refractivity contribution in [3.63, 3.8) is 0 Å². The lowest BCUT2D eigenvalue weighted by atomic mass is 10.5. The van der Waals surface area contributed by atoms with E-state index in [0.717, 1.165) is 0 Å². The molecule has 1 aromatic rings. The Morgan fingerprint density at radius 2 is 1.94 bits per heavy atom. The number of ether oxygens (including phenoxy) is 3. The zero-order chi connectivity index (χ0) is 13.4. The van der Waals surface area contributed by atoms with Gasteiger partial charge in [0.1, 0.15) is 12.4 Å². The molecule has 0 aliphatic carbocycles. The highest BCUT2D eigenvalue weighted by molar-refractivity contribution is 7.98. The molecule has 2 N–H and O–H groups in total. The predicted octanol–water partition coefficient (Wildman–Crippen LogP) is 1.56. The first-order valence-corrected chi connectivity index (χ1v) is 6.96. The van der Waals surface area contributed by atoms with E-state index in [0.29, 0.717) is 30.1 Å². The van der Waals surface area contributed by atoms with Crippen molar-refractivity contribution in [2.45, 2.75) is 25.3 Å². The van der Waals surface area contributed by atoms with Gasteiger partial charge >= 0.3 is 0 Å². The van der Waals surface area contributed by atoms with Gasteiger partial charge in [-0.25, -0.2) is 4.98 Å². The van der Waals surface area contributed by atoms with E-state index in [4.69, 9.17) is 19.9 Å². The maximum absolute atomic E-state index is 5.65. The van der Waals surface area contributed by atoms with E-state index in [1.54, 1.807) is 6.07 Å². The van der Waals surface area contributed by atoms with Gasteiger partial charge in [-0.3, -0.25) is 0 Å². The van der Waals surface area contributed by atoms with Crippen LogP contribution < -0.4 is 10.5 Å². The van der Waals surface area contributed by atoms with Gasteiger partial charge in [-0.15, -0.1) is 0 Å². The van der Waals surface area contributed by atoms with Gasteiger partial charge in [0.05, 0.1) is 0 Å². The molecule has 0 amide bonds. The Hall–Kier alpha value is -1.05. The van der Waals surface area contributed by atoms with Crippen LogP contribution in [0.5, 0.6) is 5.88 Å². The second-order valence-corrected chi connectivity index (χ2v) is 4.04. The van der Waals surface area contributed by atoms with E-state index in [2.05, 4.69) is 9.97 Å². The van der Waals surface area contributed by atoms with Crippen molar-refractivity contribution in [3.05, 3.63) is 6.07 Å². The van der Waals surface area contributed by atoms with Crippen molar-refractivity contribution in [1.82, 2.24) is 9.97 Å². The Morgan fingerprint density at radius 1 is 1.28 bits per heavy atom. The zero-order valence-electron chi connectivity index (χ0n) is 10.9.